The van der Waals surface area contributed by atoms with Crippen LogP contribution in [0.3, 0.4) is 0 Å². The first-order valence-electron chi connectivity index (χ1n) is 7.86. The minimum Gasteiger partial charge on any atom is -0.329 e. The minimum atomic E-state index is 0.341. The molecule has 1 saturated heterocycles. The summed E-state index contributed by atoms with van der Waals surface area (Å²) < 4.78 is 0. The lowest BCUT2D eigenvalue weighted by Gasteiger charge is -2.40. The molecule has 2 rings (SSSR count). The number of rotatable bonds is 5. The van der Waals surface area contributed by atoms with E-state index in [0.717, 1.165) is 0 Å². The van der Waals surface area contributed by atoms with Crippen LogP contribution < -0.4 is 5.73 Å². The van der Waals surface area contributed by atoms with Crippen molar-refractivity contribution >= 4 is 0 Å². The zero-order chi connectivity index (χ0) is 14.5. The highest BCUT2D eigenvalue weighted by molar-refractivity contribution is 5.25. The topological polar surface area (TPSA) is 32.5 Å². The van der Waals surface area contributed by atoms with Gasteiger partial charge in [0.25, 0.3) is 0 Å². The summed E-state index contributed by atoms with van der Waals surface area (Å²) in [6.45, 7) is 8.70. The summed E-state index contributed by atoms with van der Waals surface area (Å²) in [6, 6.07) is 9.77. The van der Waals surface area contributed by atoms with Gasteiger partial charge in [0.1, 0.15) is 0 Å². The van der Waals surface area contributed by atoms with E-state index in [9.17, 15) is 0 Å². The zero-order valence-electron chi connectivity index (χ0n) is 13.2. The monoisotopic (exact) mass is 275 g/mol. The van der Waals surface area contributed by atoms with Crippen LogP contribution in [-0.4, -0.2) is 49.1 Å². The van der Waals surface area contributed by atoms with E-state index in [1.54, 1.807) is 0 Å². The SMILES string of the molecule is CCN1CCC(N(C)C(CN)c2cccc(C)c2)CC1. The van der Waals surface area contributed by atoms with Crippen LogP contribution in [0, 0.1) is 6.92 Å². The lowest BCUT2D eigenvalue weighted by Crippen LogP contribution is -2.45. The van der Waals surface area contributed by atoms with E-state index in [1.807, 2.05) is 0 Å². The summed E-state index contributed by atoms with van der Waals surface area (Å²) in [5.74, 6) is 0. The zero-order valence-corrected chi connectivity index (χ0v) is 13.2. The van der Waals surface area contributed by atoms with Crippen molar-refractivity contribution in [3.63, 3.8) is 0 Å². The van der Waals surface area contributed by atoms with Crippen LogP contribution >= 0.6 is 0 Å². The quantitative estimate of drug-likeness (QED) is 0.895. The highest BCUT2D eigenvalue weighted by Crippen LogP contribution is 2.25. The third-order valence-electron chi connectivity index (χ3n) is 4.72. The van der Waals surface area contributed by atoms with Crippen molar-refractivity contribution in [1.29, 1.82) is 0 Å². The molecule has 3 nitrogen and oxygen atoms in total. The van der Waals surface area contributed by atoms with Crippen LogP contribution in [0.1, 0.15) is 36.9 Å². The first-order valence-corrected chi connectivity index (χ1v) is 7.86. The van der Waals surface area contributed by atoms with E-state index in [0.29, 0.717) is 18.6 Å². The molecular formula is C17H29N3. The van der Waals surface area contributed by atoms with Gasteiger partial charge in [-0.1, -0.05) is 36.8 Å². The van der Waals surface area contributed by atoms with Crippen molar-refractivity contribution in [3.05, 3.63) is 35.4 Å². The highest BCUT2D eigenvalue weighted by atomic mass is 15.2. The van der Waals surface area contributed by atoms with Gasteiger partial charge in [0.15, 0.2) is 0 Å². The predicted molar refractivity (Wildman–Crippen MR) is 85.9 cm³/mol. The van der Waals surface area contributed by atoms with Crippen LogP contribution in [0.4, 0.5) is 0 Å². The number of aryl methyl sites for hydroxylation is 1. The van der Waals surface area contributed by atoms with Crippen molar-refractivity contribution in [3.8, 4) is 0 Å². The molecule has 1 fully saturated rings. The molecule has 0 radical (unpaired) electrons. The second-order valence-electron chi connectivity index (χ2n) is 6.00. The molecule has 0 amide bonds. The largest absolute Gasteiger partial charge is 0.329 e. The van der Waals surface area contributed by atoms with Gasteiger partial charge >= 0.3 is 0 Å². The molecule has 1 aromatic rings. The van der Waals surface area contributed by atoms with E-state index in [-0.39, 0.29) is 0 Å². The molecule has 0 spiro atoms. The summed E-state index contributed by atoms with van der Waals surface area (Å²) in [7, 11) is 2.24. The first-order chi connectivity index (χ1) is 9.65. The Morgan fingerprint density at radius 2 is 2.05 bits per heavy atom. The Morgan fingerprint density at radius 3 is 2.60 bits per heavy atom. The Hall–Kier alpha value is -0.900. The third-order valence-corrected chi connectivity index (χ3v) is 4.72. The molecule has 1 unspecified atom stereocenters. The number of nitrogens with two attached hydrogens (primary N) is 1. The van der Waals surface area contributed by atoms with E-state index < -0.39 is 0 Å². The summed E-state index contributed by atoms with van der Waals surface area (Å²) in [5.41, 5.74) is 8.73. The van der Waals surface area contributed by atoms with Gasteiger partial charge in [-0.3, -0.25) is 4.90 Å². The van der Waals surface area contributed by atoms with Gasteiger partial charge in [-0.2, -0.15) is 0 Å². The van der Waals surface area contributed by atoms with E-state index in [4.69, 9.17) is 5.73 Å². The van der Waals surface area contributed by atoms with Crippen LogP contribution in [0.2, 0.25) is 0 Å². The van der Waals surface area contributed by atoms with Gasteiger partial charge in [-0.05, 0) is 52.0 Å². The molecule has 1 aliphatic rings. The summed E-state index contributed by atoms with van der Waals surface area (Å²) in [4.78, 5) is 5.04. The van der Waals surface area contributed by atoms with Gasteiger partial charge < -0.3 is 10.6 Å². The molecule has 112 valence electrons. The third kappa shape index (κ3) is 3.60. The van der Waals surface area contributed by atoms with Crippen LogP contribution in [0.15, 0.2) is 24.3 Å². The average molecular weight is 275 g/mol. The molecule has 1 heterocycles. The molecule has 0 aromatic heterocycles. The van der Waals surface area contributed by atoms with Crippen molar-refractivity contribution in [1.82, 2.24) is 9.80 Å². The summed E-state index contributed by atoms with van der Waals surface area (Å²) in [6.07, 6.45) is 2.51. The van der Waals surface area contributed by atoms with Crippen molar-refractivity contribution in [2.24, 2.45) is 5.73 Å². The van der Waals surface area contributed by atoms with Gasteiger partial charge in [-0.25, -0.2) is 0 Å². The normalized spacial score (nSPS) is 19.4. The number of likely N-dealkylation sites (tertiary alicyclic amines) is 1. The molecule has 0 saturated carbocycles. The lowest BCUT2D eigenvalue weighted by atomic mass is 9.97. The maximum Gasteiger partial charge on any atom is 0.0470 e. The van der Waals surface area contributed by atoms with Crippen LogP contribution in [-0.2, 0) is 0 Å². The molecular weight excluding hydrogens is 246 g/mol. The van der Waals surface area contributed by atoms with Crippen LogP contribution in [0.25, 0.3) is 0 Å². The Morgan fingerprint density at radius 1 is 1.35 bits per heavy atom. The molecule has 1 atom stereocenters. The fraction of sp³-hybridized carbons (Fsp3) is 0.647. The molecule has 3 heteroatoms. The van der Waals surface area contributed by atoms with Crippen molar-refractivity contribution in [2.75, 3.05) is 33.2 Å². The summed E-state index contributed by atoms with van der Waals surface area (Å²) in [5, 5.41) is 0. The smallest absolute Gasteiger partial charge is 0.0470 e. The Labute approximate surface area is 123 Å². The van der Waals surface area contributed by atoms with Crippen molar-refractivity contribution < 1.29 is 0 Å². The average Bonchev–Trinajstić information content (AvgIpc) is 2.48. The van der Waals surface area contributed by atoms with Crippen LogP contribution in [0.5, 0.6) is 0 Å². The maximum atomic E-state index is 6.06. The predicted octanol–water partition coefficient (Wildman–Crippen LogP) is 2.41. The molecule has 2 N–H and O–H groups in total. The Bertz CT molecular complexity index is 410. The molecule has 20 heavy (non-hydrogen) atoms. The van der Waals surface area contributed by atoms with Gasteiger partial charge in [0.2, 0.25) is 0 Å². The Balaban J connectivity index is 2.04. The second-order valence-corrected chi connectivity index (χ2v) is 6.00. The second kappa shape index (κ2) is 7.21. The molecule has 1 aliphatic heterocycles. The Kier molecular flexibility index (Phi) is 5.58. The van der Waals surface area contributed by atoms with Crippen molar-refractivity contribution in [2.45, 2.75) is 38.8 Å². The number of hydrogen-bond donors (Lipinski definition) is 1. The number of hydrogen-bond acceptors (Lipinski definition) is 3. The number of nitrogens with zero attached hydrogens (tertiary/aromatic N) is 2. The van der Waals surface area contributed by atoms with Gasteiger partial charge in [0.05, 0.1) is 0 Å². The van der Waals surface area contributed by atoms with E-state index in [2.05, 4.69) is 55.0 Å². The summed E-state index contributed by atoms with van der Waals surface area (Å²) >= 11 is 0. The van der Waals surface area contributed by atoms with Gasteiger partial charge in [0, 0.05) is 18.6 Å². The fourth-order valence-electron chi connectivity index (χ4n) is 3.31. The first kappa shape index (κ1) is 15.5. The minimum absolute atomic E-state index is 0.341. The lowest BCUT2D eigenvalue weighted by molar-refractivity contribution is 0.101. The van der Waals surface area contributed by atoms with E-state index >= 15 is 0 Å². The van der Waals surface area contributed by atoms with E-state index in [1.165, 1.54) is 43.6 Å². The number of benzene rings is 1. The molecule has 0 aliphatic carbocycles. The number of piperidine rings is 1. The standard InChI is InChI=1S/C17H29N3/c1-4-20-10-8-16(9-11-20)19(3)17(13-18)15-7-5-6-14(2)12-15/h5-7,12,16-17H,4,8-11,13,18H2,1-3H3. The fourth-order valence-corrected chi connectivity index (χ4v) is 3.31. The van der Waals surface area contributed by atoms with Gasteiger partial charge in [-0.15, -0.1) is 0 Å². The maximum absolute atomic E-state index is 6.06. The molecule has 1 aromatic carbocycles. The molecule has 0 bridgehead atoms. The highest BCUT2D eigenvalue weighted by Gasteiger charge is 2.26. The number of likely N-dealkylation sites (N-methyl/N-ethyl adjacent to an activating group) is 1.